The van der Waals surface area contributed by atoms with Gasteiger partial charge in [-0.1, -0.05) is 6.92 Å². The van der Waals surface area contributed by atoms with E-state index in [0.717, 1.165) is 22.3 Å². The Morgan fingerprint density at radius 1 is 1.37 bits per heavy atom. The van der Waals surface area contributed by atoms with Crippen LogP contribution in [-0.2, 0) is 0 Å². The van der Waals surface area contributed by atoms with E-state index < -0.39 is 0 Å². The van der Waals surface area contributed by atoms with Gasteiger partial charge in [-0.15, -0.1) is 0 Å². The van der Waals surface area contributed by atoms with Gasteiger partial charge < -0.3 is 13.9 Å². The fourth-order valence-corrected chi connectivity index (χ4v) is 2.72. The molecule has 0 unspecified atom stereocenters. The fraction of sp³-hybridized carbons (Fsp3) is 0.400. The van der Waals surface area contributed by atoms with Crippen molar-refractivity contribution in [3.8, 4) is 11.5 Å². The minimum Gasteiger partial charge on any atom is -0.496 e. The van der Waals surface area contributed by atoms with Crippen LogP contribution >= 0.6 is 0 Å². The number of ether oxygens (including phenoxy) is 2. The van der Waals surface area contributed by atoms with E-state index in [1.807, 2.05) is 13.0 Å². The zero-order chi connectivity index (χ0) is 13.7. The van der Waals surface area contributed by atoms with Gasteiger partial charge in [-0.3, -0.25) is 0 Å². The van der Waals surface area contributed by atoms with Crippen molar-refractivity contribution in [3.63, 3.8) is 0 Å². The molecule has 2 heterocycles. The first kappa shape index (κ1) is 12.1. The Hall–Kier alpha value is -1.97. The normalized spacial score (nSPS) is 17.4. The highest BCUT2D eigenvalue weighted by atomic mass is 16.5. The average Bonchev–Trinajstić information content (AvgIpc) is 2.39. The number of rotatable bonds is 1. The van der Waals surface area contributed by atoms with Gasteiger partial charge >= 0.3 is 5.63 Å². The summed E-state index contributed by atoms with van der Waals surface area (Å²) in [6.07, 6.45) is 0. The Kier molecular flexibility index (Phi) is 2.55. The molecular formula is C15H16O4. The molecule has 3 rings (SSSR count). The summed E-state index contributed by atoms with van der Waals surface area (Å²) in [6, 6.07) is 1.92. The molecule has 0 radical (unpaired) electrons. The first-order chi connectivity index (χ1) is 9.04. The predicted octanol–water partition coefficient (Wildman–Crippen LogP) is 2.91. The molecule has 0 bridgehead atoms. The van der Waals surface area contributed by atoms with Gasteiger partial charge in [-0.2, -0.15) is 0 Å². The zero-order valence-corrected chi connectivity index (χ0v) is 11.5. The molecule has 0 amide bonds. The van der Waals surface area contributed by atoms with Gasteiger partial charge in [0.25, 0.3) is 0 Å². The van der Waals surface area contributed by atoms with Gasteiger partial charge in [0, 0.05) is 11.5 Å². The predicted molar refractivity (Wildman–Crippen MR) is 72.4 cm³/mol. The van der Waals surface area contributed by atoms with Crippen molar-refractivity contribution < 1.29 is 13.9 Å². The Labute approximate surface area is 110 Å². The van der Waals surface area contributed by atoms with Crippen LogP contribution in [0.3, 0.4) is 0 Å². The summed E-state index contributed by atoms with van der Waals surface area (Å²) in [5.41, 5.74) is 2.74. The lowest BCUT2D eigenvalue weighted by Gasteiger charge is -2.26. The second kappa shape index (κ2) is 4.02. The summed E-state index contributed by atoms with van der Waals surface area (Å²) >= 11 is 0. The highest BCUT2D eigenvalue weighted by molar-refractivity contribution is 5.93. The molecule has 0 fully saturated rings. The molecule has 1 atom stereocenters. The maximum atomic E-state index is 11.9. The smallest absolute Gasteiger partial charge is 0.342 e. The molecule has 1 aromatic carbocycles. The van der Waals surface area contributed by atoms with Crippen LogP contribution < -0.4 is 15.1 Å². The first-order valence-corrected chi connectivity index (χ1v) is 6.32. The largest absolute Gasteiger partial charge is 0.496 e. The van der Waals surface area contributed by atoms with E-state index in [2.05, 4.69) is 6.92 Å². The van der Waals surface area contributed by atoms with Crippen molar-refractivity contribution in [2.24, 2.45) is 0 Å². The highest BCUT2D eigenvalue weighted by Crippen LogP contribution is 2.44. The summed E-state index contributed by atoms with van der Waals surface area (Å²) in [4.78, 5) is 11.9. The third-order valence-corrected chi connectivity index (χ3v) is 3.73. The lowest BCUT2D eigenvalue weighted by atomic mass is 9.91. The number of methoxy groups -OCH3 is 1. The van der Waals surface area contributed by atoms with E-state index in [-0.39, 0.29) is 11.5 Å². The van der Waals surface area contributed by atoms with Crippen LogP contribution in [0.2, 0.25) is 0 Å². The Bertz CT molecular complexity index is 727. The van der Waals surface area contributed by atoms with Gasteiger partial charge in [-0.05, 0) is 25.5 Å². The minimum absolute atomic E-state index is 0.206. The van der Waals surface area contributed by atoms with E-state index in [0.29, 0.717) is 23.5 Å². The lowest BCUT2D eigenvalue weighted by molar-refractivity contribution is 0.280. The van der Waals surface area contributed by atoms with Crippen molar-refractivity contribution in [2.45, 2.75) is 26.7 Å². The van der Waals surface area contributed by atoms with Gasteiger partial charge in [0.2, 0.25) is 0 Å². The Morgan fingerprint density at radius 3 is 2.79 bits per heavy atom. The van der Waals surface area contributed by atoms with E-state index in [1.165, 1.54) is 0 Å². The molecule has 4 nitrogen and oxygen atoms in total. The summed E-state index contributed by atoms with van der Waals surface area (Å²) < 4.78 is 16.7. The summed E-state index contributed by atoms with van der Waals surface area (Å²) in [6.45, 7) is 6.26. The number of hydrogen-bond acceptors (Lipinski definition) is 4. The second-order valence-corrected chi connectivity index (χ2v) is 5.07. The van der Waals surface area contributed by atoms with Gasteiger partial charge in [-0.25, -0.2) is 4.79 Å². The molecular weight excluding hydrogens is 244 g/mol. The molecule has 0 aliphatic carbocycles. The van der Waals surface area contributed by atoms with Crippen LogP contribution in [0.25, 0.3) is 11.0 Å². The maximum Gasteiger partial charge on any atom is 0.342 e. The Morgan fingerprint density at radius 2 is 2.11 bits per heavy atom. The topological polar surface area (TPSA) is 48.7 Å². The number of hydrogen-bond donors (Lipinski definition) is 0. The van der Waals surface area contributed by atoms with Gasteiger partial charge in [0.15, 0.2) is 0 Å². The molecule has 0 spiro atoms. The van der Waals surface area contributed by atoms with Gasteiger partial charge in [0.1, 0.15) is 17.1 Å². The average molecular weight is 260 g/mol. The molecule has 1 aliphatic rings. The van der Waals surface area contributed by atoms with E-state index in [4.69, 9.17) is 13.9 Å². The van der Waals surface area contributed by atoms with Crippen LogP contribution in [0.5, 0.6) is 11.5 Å². The molecule has 0 N–H and O–H groups in total. The van der Waals surface area contributed by atoms with Crippen molar-refractivity contribution in [1.82, 2.24) is 0 Å². The van der Waals surface area contributed by atoms with Crippen molar-refractivity contribution in [3.05, 3.63) is 33.2 Å². The fourth-order valence-electron chi connectivity index (χ4n) is 2.72. The summed E-state index contributed by atoms with van der Waals surface area (Å²) in [5.74, 6) is 1.68. The lowest BCUT2D eigenvalue weighted by Crippen LogP contribution is -2.18. The highest BCUT2D eigenvalue weighted by Gasteiger charge is 2.28. The quantitative estimate of drug-likeness (QED) is 0.740. The van der Waals surface area contributed by atoms with Gasteiger partial charge in [0.05, 0.1) is 24.7 Å². The molecule has 0 saturated heterocycles. The number of benzene rings is 1. The monoisotopic (exact) mass is 260 g/mol. The molecule has 0 saturated carbocycles. The second-order valence-electron chi connectivity index (χ2n) is 5.07. The molecule has 4 heteroatoms. The van der Waals surface area contributed by atoms with Crippen molar-refractivity contribution in [1.29, 1.82) is 0 Å². The van der Waals surface area contributed by atoms with E-state index in [1.54, 1.807) is 14.0 Å². The Balaban J connectivity index is 2.57. The van der Waals surface area contributed by atoms with E-state index >= 15 is 0 Å². The van der Waals surface area contributed by atoms with Crippen LogP contribution in [-0.4, -0.2) is 13.7 Å². The van der Waals surface area contributed by atoms with Crippen LogP contribution in [0.1, 0.15) is 29.5 Å². The third-order valence-electron chi connectivity index (χ3n) is 3.73. The van der Waals surface area contributed by atoms with Crippen LogP contribution in [0.4, 0.5) is 0 Å². The minimum atomic E-state index is -0.337. The molecule has 19 heavy (non-hydrogen) atoms. The van der Waals surface area contributed by atoms with Crippen molar-refractivity contribution in [2.75, 3.05) is 13.7 Å². The van der Waals surface area contributed by atoms with E-state index in [9.17, 15) is 4.79 Å². The summed E-state index contributed by atoms with van der Waals surface area (Å²) in [7, 11) is 1.66. The van der Waals surface area contributed by atoms with Crippen molar-refractivity contribution >= 4 is 11.0 Å². The number of aryl methyl sites for hydroxylation is 1. The molecule has 2 aromatic rings. The third kappa shape index (κ3) is 1.56. The summed E-state index contributed by atoms with van der Waals surface area (Å²) in [5, 5.41) is 0.882. The molecule has 1 aliphatic heterocycles. The standard InChI is InChI=1S/C15H16O4/c1-7-5-10(17-4)11-8(2)6-18-14-9(3)15(16)19-13(7)12(11)14/h5,8H,6H2,1-4H3/t8-/m0/s1. The van der Waals surface area contributed by atoms with Crippen LogP contribution in [0.15, 0.2) is 15.3 Å². The first-order valence-electron chi connectivity index (χ1n) is 6.32. The molecule has 100 valence electrons. The SMILES string of the molecule is COc1cc(C)c2oc(=O)c(C)c3c2c1[C@@H](C)CO3. The molecule has 1 aromatic heterocycles. The zero-order valence-electron chi connectivity index (χ0n) is 11.5. The van der Waals surface area contributed by atoms with Crippen LogP contribution in [0, 0.1) is 13.8 Å². The maximum absolute atomic E-state index is 11.9.